The number of aromatic amines is 1. The molecule has 28 heavy (non-hydrogen) atoms. The first-order valence-corrected chi connectivity index (χ1v) is 9.57. The van der Waals surface area contributed by atoms with E-state index in [1.807, 2.05) is 18.2 Å². The molecule has 0 spiro atoms. The number of hydrogen-bond donors (Lipinski definition) is 2. The zero-order valence-electron chi connectivity index (χ0n) is 15.6. The number of H-pyrrole nitrogens is 1. The third-order valence-electron chi connectivity index (χ3n) is 5.11. The molecule has 0 bridgehead atoms. The lowest BCUT2D eigenvalue weighted by molar-refractivity contribution is -0.121. The van der Waals surface area contributed by atoms with Crippen LogP contribution in [0.3, 0.4) is 0 Å². The van der Waals surface area contributed by atoms with Crippen LogP contribution in [0.1, 0.15) is 18.4 Å². The van der Waals surface area contributed by atoms with Crippen LogP contribution < -0.4 is 10.2 Å². The summed E-state index contributed by atoms with van der Waals surface area (Å²) in [5, 5.41) is 10.7. The number of carbonyl (C=O) groups excluding carboxylic acids is 1. The fourth-order valence-electron chi connectivity index (χ4n) is 3.56. The smallest absolute Gasteiger partial charge is 0.224 e. The van der Waals surface area contributed by atoms with Crippen LogP contribution in [0.2, 0.25) is 0 Å². The SMILES string of the molecule is O=C(Cc1ccc(F)cc1)NC1CCN(c2cc(-c3ccccc3)[nH]n2)CC1. The van der Waals surface area contributed by atoms with Crippen LogP contribution >= 0.6 is 0 Å². The summed E-state index contributed by atoms with van der Waals surface area (Å²) in [6.45, 7) is 1.70. The Hall–Kier alpha value is -3.15. The highest BCUT2D eigenvalue weighted by molar-refractivity contribution is 5.78. The number of rotatable bonds is 5. The number of piperidine rings is 1. The zero-order chi connectivity index (χ0) is 19.3. The normalized spacial score (nSPS) is 14.8. The third-order valence-corrected chi connectivity index (χ3v) is 5.11. The van der Waals surface area contributed by atoms with Gasteiger partial charge in [0.1, 0.15) is 5.82 Å². The van der Waals surface area contributed by atoms with Gasteiger partial charge in [0.15, 0.2) is 5.82 Å². The monoisotopic (exact) mass is 378 g/mol. The summed E-state index contributed by atoms with van der Waals surface area (Å²) in [5.41, 5.74) is 2.94. The van der Waals surface area contributed by atoms with Crippen molar-refractivity contribution in [1.29, 1.82) is 0 Å². The van der Waals surface area contributed by atoms with E-state index in [0.29, 0.717) is 0 Å². The lowest BCUT2D eigenvalue weighted by Crippen LogP contribution is -2.45. The van der Waals surface area contributed by atoms with Gasteiger partial charge in [-0.3, -0.25) is 9.89 Å². The second-order valence-electron chi connectivity index (χ2n) is 7.14. The molecule has 0 atom stereocenters. The van der Waals surface area contributed by atoms with Gasteiger partial charge in [-0.15, -0.1) is 0 Å². The van der Waals surface area contributed by atoms with E-state index in [0.717, 1.165) is 48.6 Å². The van der Waals surface area contributed by atoms with Gasteiger partial charge in [0.2, 0.25) is 5.91 Å². The first kappa shape index (κ1) is 18.2. The van der Waals surface area contributed by atoms with E-state index in [1.54, 1.807) is 12.1 Å². The van der Waals surface area contributed by atoms with Crippen molar-refractivity contribution in [2.75, 3.05) is 18.0 Å². The standard InChI is InChI=1S/C22H23FN4O/c23-18-8-6-16(7-9-18)14-22(28)24-19-10-12-27(13-11-19)21-15-20(25-26-21)17-4-2-1-3-5-17/h1-9,15,19H,10-14H2,(H,24,28)(H,25,26). The Morgan fingerprint density at radius 3 is 2.54 bits per heavy atom. The summed E-state index contributed by atoms with van der Waals surface area (Å²) < 4.78 is 13.0. The second-order valence-corrected chi connectivity index (χ2v) is 7.14. The molecule has 2 aromatic carbocycles. The molecule has 6 heteroatoms. The largest absolute Gasteiger partial charge is 0.355 e. The number of nitrogens with zero attached hydrogens (tertiary/aromatic N) is 2. The summed E-state index contributed by atoms with van der Waals surface area (Å²) in [6.07, 6.45) is 2.03. The lowest BCUT2D eigenvalue weighted by Gasteiger charge is -2.32. The molecule has 0 saturated carbocycles. The average molecular weight is 378 g/mol. The minimum Gasteiger partial charge on any atom is -0.355 e. The Morgan fingerprint density at radius 1 is 1.11 bits per heavy atom. The number of nitrogens with one attached hydrogen (secondary N) is 2. The van der Waals surface area contributed by atoms with E-state index in [-0.39, 0.29) is 24.2 Å². The summed E-state index contributed by atoms with van der Waals surface area (Å²) in [6, 6.07) is 18.4. The Kier molecular flexibility index (Phi) is 5.37. The van der Waals surface area contributed by atoms with Crippen molar-refractivity contribution >= 4 is 11.7 Å². The number of amides is 1. The van der Waals surface area contributed by atoms with Crippen LogP contribution in [-0.4, -0.2) is 35.2 Å². The van der Waals surface area contributed by atoms with Gasteiger partial charge >= 0.3 is 0 Å². The highest BCUT2D eigenvalue weighted by Gasteiger charge is 2.22. The molecule has 4 rings (SSSR count). The molecule has 1 amide bonds. The van der Waals surface area contributed by atoms with Gasteiger partial charge in [-0.1, -0.05) is 42.5 Å². The molecular weight excluding hydrogens is 355 g/mol. The second kappa shape index (κ2) is 8.25. The minimum atomic E-state index is -0.287. The van der Waals surface area contributed by atoms with Crippen molar-refractivity contribution in [2.45, 2.75) is 25.3 Å². The predicted octanol–water partition coefficient (Wildman–Crippen LogP) is 3.54. The van der Waals surface area contributed by atoms with E-state index in [4.69, 9.17) is 0 Å². The lowest BCUT2D eigenvalue weighted by atomic mass is 10.0. The van der Waals surface area contributed by atoms with E-state index in [1.165, 1.54) is 12.1 Å². The Balaban J connectivity index is 1.28. The Bertz CT molecular complexity index is 915. The Labute approximate surface area is 163 Å². The third kappa shape index (κ3) is 4.39. The van der Waals surface area contributed by atoms with Crippen LogP contribution in [0, 0.1) is 5.82 Å². The highest BCUT2D eigenvalue weighted by Crippen LogP contribution is 2.24. The maximum Gasteiger partial charge on any atom is 0.224 e. The average Bonchev–Trinajstić information content (AvgIpc) is 3.21. The first-order valence-electron chi connectivity index (χ1n) is 9.57. The van der Waals surface area contributed by atoms with E-state index in [2.05, 4.69) is 38.6 Å². The molecule has 0 unspecified atom stereocenters. The zero-order valence-corrected chi connectivity index (χ0v) is 15.6. The molecule has 2 N–H and O–H groups in total. The van der Waals surface area contributed by atoms with E-state index < -0.39 is 0 Å². The fourth-order valence-corrected chi connectivity index (χ4v) is 3.56. The van der Waals surface area contributed by atoms with E-state index >= 15 is 0 Å². The van der Waals surface area contributed by atoms with Gasteiger partial charge in [-0.2, -0.15) is 5.10 Å². The molecule has 1 saturated heterocycles. The molecule has 2 heterocycles. The van der Waals surface area contributed by atoms with Gasteiger partial charge in [-0.05, 0) is 36.1 Å². The summed E-state index contributed by atoms with van der Waals surface area (Å²) >= 11 is 0. The van der Waals surface area contributed by atoms with Gasteiger partial charge in [-0.25, -0.2) is 4.39 Å². The van der Waals surface area contributed by atoms with Crippen molar-refractivity contribution in [3.63, 3.8) is 0 Å². The number of carbonyl (C=O) groups is 1. The maximum absolute atomic E-state index is 13.0. The maximum atomic E-state index is 13.0. The summed E-state index contributed by atoms with van der Waals surface area (Å²) in [5.74, 6) is 0.636. The van der Waals surface area contributed by atoms with Gasteiger partial charge in [0, 0.05) is 25.2 Å². The van der Waals surface area contributed by atoms with Crippen molar-refractivity contribution in [1.82, 2.24) is 15.5 Å². The molecule has 0 aliphatic carbocycles. The van der Waals surface area contributed by atoms with Gasteiger partial charge in [0.05, 0.1) is 12.1 Å². The van der Waals surface area contributed by atoms with Gasteiger partial charge < -0.3 is 10.2 Å². The molecule has 0 radical (unpaired) electrons. The fraction of sp³-hybridized carbons (Fsp3) is 0.273. The topological polar surface area (TPSA) is 61.0 Å². The molecule has 1 aromatic heterocycles. The predicted molar refractivity (Wildman–Crippen MR) is 108 cm³/mol. The van der Waals surface area contributed by atoms with Crippen molar-refractivity contribution in [2.24, 2.45) is 0 Å². The number of halogens is 1. The quantitative estimate of drug-likeness (QED) is 0.714. The van der Waals surface area contributed by atoms with Crippen LogP contribution in [0.4, 0.5) is 10.2 Å². The number of hydrogen-bond acceptors (Lipinski definition) is 3. The first-order chi connectivity index (χ1) is 13.7. The van der Waals surface area contributed by atoms with Crippen LogP contribution in [0.25, 0.3) is 11.3 Å². The molecule has 1 aliphatic rings. The molecular formula is C22H23FN4O. The van der Waals surface area contributed by atoms with Crippen LogP contribution in [0.5, 0.6) is 0 Å². The summed E-state index contributed by atoms with van der Waals surface area (Å²) in [7, 11) is 0. The molecule has 1 fully saturated rings. The molecule has 3 aromatic rings. The number of aromatic nitrogens is 2. The van der Waals surface area contributed by atoms with Crippen molar-refractivity contribution in [3.05, 3.63) is 72.0 Å². The van der Waals surface area contributed by atoms with E-state index in [9.17, 15) is 9.18 Å². The molecule has 1 aliphatic heterocycles. The van der Waals surface area contributed by atoms with Crippen LogP contribution in [0.15, 0.2) is 60.7 Å². The number of anilines is 1. The Morgan fingerprint density at radius 2 is 1.82 bits per heavy atom. The molecule has 5 nitrogen and oxygen atoms in total. The molecule has 144 valence electrons. The van der Waals surface area contributed by atoms with Crippen molar-refractivity contribution in [3.8, 4) is 11.3 Å². The highest BCUT2D eigenvalue weighted by atomic mass is 19.1. The van der Waals surface area contributed by atoms with Gasteiger partial charge in [0.25, 0.3) is 0 Å². The minimum absolute atomic E-state index is 0.0174. The summed E-state index contributed by atoms with van der Waals surface area (Å²) in [4.78, 5) is 14.5. The van der Waals surface area contributed by atoms with Crippen LogP contribution in [-0.2, 0) is 11.2 Å². The van der Waals surface area contributed by atoms with Crippen molar-refractivity contribution < 1.29 is 9.18 Å². The number of benzene rings is 2.